The summed E-state index contributed by atoms with van der Waals surface area (Å²) in [5.74, 6) is 2.94. The number of rotatable bonds is 23. The van der Waals surface area contributed by atoms with E-state index in [1.807, 2.05) is 18.3 Å². The van der Waals surface area contributed by atoms with E-state index in [4.69, 9.17) is 8.92 Å². The van der Waals surface area contributed by atoms with Gasteiger partial charge in [-0.2, -0.15) is 0 Å². The van der Waals surface area contributed by atoms with Gasteiger partial charge in [0.2, 0.25) is 0 Å². The number of nitrogens with zero attached hydrogens (tertiary/aromatic N) is 2. The van der Waals surface area contributed by atoms with E-state index >= 15 is 0 Å². The minimum atomic E-state index is -1.31. The first kappa shape index (κ1) is 35.4. The van der Waals surface area contributed by atoms with Gasteiger partial charge in [-0.1, -0.05) is 117 Å². The highest BCUT2D eigenvalue weighted by Gasteiger charge is 2.44. The smallest absolute Gasteiger partial charge is 0.156 e. The SMILES string of the molecule is CCCCCCCCCCCCCCCCCCS(=O)O[C@@H](c1ccnc2ccc(OC)cc12)[C@H]1C[C@@H]2CCN1C[C@@H]2CC. The van der Waals surface area contributed by atoms with E-state index in [2.05, 4.69) is 35.9 Å². The molecule has 3 aliphatic heterocycles. The second-order valence-corrected chi connectivity index (χ2v) is 14.8. The molecule has 2 unspecified atom stereocenters. The van der Waals surface area contributed by atoms with Crippen LogP contribution in [0.25, 0.3) is 10.9 Å². The molecule has 0 radical (unpaired) electrons. The maximum atomic E-state index is 13.4. The number of benzene rings is 1. The summed E-state index contributed by atoms with van der Waals surface area (Å²) in [5.41, 5.74) is 2.03. The van der Waals surface area contributed by atoms with E-state index in [1.165, 1.54) is 103 Å². The van der Waals surface area contributed by atoms with Gasteiger partial charge in [0.05, 0.1) is 12.6 Å². The van der Waals surface area contributed by atoms with Crippen LogP contribution in [0.15, 0.2) is 30.5 Å². The summed E-state index contributed by atoms with van der Waals surface area (Å²) in [5, 5.41) is 1.05. The summed E-state index contributed by atoms with van der Waals surface area (Å²) in [7, 11) is 1.70. The predicted octanol–water partition coefficient (Wildman–Crippen LogP) is 10.3. The van der Waals surface area contributed by atoms with Crippen LogP contribution in [0.5, 0.6) is 5.75 Å². The maximum Gasteiger partial charge on any atom is 0.156 e. The Morgan fingerprint density at radius 2 is 1.52 bits per heavy atom. The van der Waals surface area contributed by atoms with Crippen LogP contribution in [-0.4, -0.2) is 46.1 Å². The first-order chi connectivity index (χ1) is 21.6. The van der Waals surface area contributed by atoms with Crippen molar-refractivity contribution in [3.63, 3.8) is 0 Å². The molecule has 248 valence electrons. The average molecular weight is 627 g/mol. The number of fused-ring (bicyclic) bond motifs is 4. The van der Waals surface area contributed by atoms with Gasteiger partial charge in [0, 0.05) is 29.9 Å². The molecule has 0 saturated carbocycles. The van der Waals surface area contributed by atoms with Gasteiger partial charge in [-0.25, -0.2) is 4.21 Å². The number of unbranched alkanes of at least 4 members (excludes halogenated alkanes) is 15. The number of hydrogen-bond donors (Lipinski definition) is 0. The lowest BCUT2D eigenvalue weighted by molar-refractivity contribution is -0.0453. The summed E-state index contributed by atoms with van der Waals surface area (Å²) in [6.45, 7) is 6.86. The van der Waals surface area contributed by atoms with Crippen LogP contribution in [0, 0.1) is 11.8 Å². The topological polar surface area (TPSA) is 51.7 Å². The monoisotopic (exact) mass is 626 g/mol. The third kappa shape index (κ3) is 10.8. The van der Waals surface area contributed by atoms with Gasteiger partial charge in [0.1, 0.15) is 11.9 Å². The lowest BCUT2D eigenvalue weighted by Crippen LogP contribution is -2.55. The molecular formula is C38H62N2O3S. The number of methoxy groups -OCH3 is 1. The van der Waals surface area contributed by atoms with Gasteiger partial charge in [-0.15, -0.1) is 0 Å². The van der Waals surface area contributed by atoms with Crippen molar-refractivity contribution in [3.8, 4) is 5.75 Å². The number of pyridine rings is 1. The second-order valence-electron chi connectivity index (χ2n) is 13.6. The third-order valence-electron chi connectivity index (χ3n) is 10.5. The molecule has 0 aliphatic carbocycles. The molecule has 0 amide bonds. The molecule has 1 aromatic heterocycles. The van der Waals surface area contributed by atoms with Crippen LogP contribution in [0.3, 0.4) is 0 Å². The molecule has 6 atom stereocenters. The predicted molar refractivity (Wildman–Crippen MR) is 187 cm³/mol. The van der Waals surface area contributed by atoms with Crippen molar-refractivity contribution in [1.82, 2.24) is 9.88 Å². The molecule has 5 nitrogen and oxygen atoms in total. The lowest BCUT2D eigenvalue weighted by Gasteiger charge is -2.51. The Kier molecular flexibility index (Phi) is 16.0. The Hall–Kier alpha value is -1.50. The Balaban J connectivity index is 1.20. The Labute approximate surface area is 271 Å². The van der Waals surface area contributed by atoms with Crippen LogP contribution in [0.4, 0.5) is 0 Å². The fourth-order valence-electron chi connectivity index (χ4n) is 7.73. The summed E-state index contributed by atoms with van der Waals surface area (Å²) in [6.07, 6.45) is 26.8. The Morgan fingerprint density at radius 1 is 0.886 bits per heavy atom. The Bertz CT molecular complexity index is 1110. The largest absolute Gasteiger partial charge is 0.497 e. The van der Waals surface area contributed by atoms with Gasteiger partial charge in [-0.05, 0) is 67.5 Å². The summed E-state index contributed by atoms with van der Waals surface area (Å²) in [6, 6.07) is 8.38. The van der Waals surface area contributed by atoms with Gasteiger partial charge < -0.3 is 4.74 Å². The number of ether oxygens (including phenoxy) is 1. The van der Waals surface area contributed by atoms with Crippen molar-refractivity contribution in [1.29, 1.82) is 0 Å². The molecule has 3 fully saturated rings. The van der Waals surface area contributed by atoms with Crippen LogP contribution >= 0.6 is 0 Å². The van der Waals surface area contributed by atoms with Gasteiger partial charge >= 0.3 is 0 Å². The zero-order valence-corrected chi connectivity index (χ0v) is 29.1. The van der Waals surface area contributed by atoms with Crippen LogP contribution in [0.1, 0.15) is 148 Å². The molecule has 0 spiro atoms. The van der Waals surface area contributed by atoms with Crippen molar-refractivity contribution >= 4 is 22.0 Å². The summed E-state index contributed by atoms with van der Waals surface area (Å²) in [4.78, 5) is 7.24. The van der Waals surface area contributed by atoms with Crippen molar-refractivity contribution in [3.05, 3.63) is 36.0 Å². The molecule has 5 rings (SSSR count). The number of piperidine rings is 3. The molecule has 0 N–H and O–H groups in total. The van der Waals surface area contributed by atoms with Crippen molar-refractivity contribution in [2.45, 2.75) is 148 Å². The third-order valence-corrected chi connectivity index (χ3v) is 11.5. The van der Waals surface area contributed by atoms with Crippen LogP contribution < -0.4 is 4.74 Å². The fourth-order valence-corrected chi connectivity index (χ4v) is 8.73. The van der Waals surface area contributed by atoms with E-state index < -0.39 is 11.1 Å². The molecule has 2 aromatic rings. The molecular weight excluding hydrogens is 564 g/mol. The first-order valence-electron chi connectivity index (χ1n) is 18.4. The number of aromatic nitrogens is 1. The van der Waals surface area contributed by atoms with Crippen molar-refractivity contribution in [2.75, 3.05) is 26.0 Å². The highest BCUT2D eigenvalue weighted by Crippen LogP contribution is 2.44. The molecule has 1 aromatic carbocycles. The molecule has 2 bridgehead atoms. The zero-order valence-electron chi connectivity index (χ0n) is 28.3. The van der Waals surface area contributed by atoms with E-state index in [0.717, 1.165) is 66.4 Å². The van der Waals surface area contributed by atoms with Crippen LogP contribution in [-0.2, 0) is 15.3 Å². The van der Waals surface area contributed by atoms with E-state index in [-0.39, 0.29) is 12.1 Å². The quantitative estimate of drug-likeness (QED) is 0.115. The van der Waals surface area contributed by atoms with E-state index in [1.54, 1.807) is 7.11 Å². The van der Waals surface area contributed by atoms with Gasteiger partial charge in [-0.3, -0.25) is 14.1 Å². The maximum absolute atomic E-state index is 13.4. The summed E-state index contributed by atoms with van der Waals surface area (Å²) >= 11 is -1.31. The van der Waals surface area contributed by atoms with Crippen molar-refractivity contribution in [2.24, 2.45) is 11.8 Å². The van der Waals surface area contributed by atoms with Gasteiger partial charge in [0.25, 0.3) is 0 Å². The van der Waals surface area contributed by atoms with E-state index in [9.17, 15) is 4.21 Å². The fraction of sp³-hybridized carbons (Fsp3) is 0.763. The zero-order chi connectivity index (χ0) is 31.0. The standard InChI is InChI=1S/C38H62N2O3S/c1-4-6-7-8-9-10-11-12-13-14-15-16-17-18-19-20-27-44(41)43-38(37-28-32-24-26-40(37)30-31(32)5-2)34-23-25-39-36-22-21-33(42-3)29-35(34)36/h21-23,25,29,31-32,37-38H,4-20,24,26-28,30H2,1-3H3/t31-,32-,37+,38-,44?/m0/s1. The molecule has 4 heterocycles. The second kappa shape index (κ2) is 19.9. The Morgan fingerprint density at radius 3 is 2.09 bits per heavy atom. The molecule has 3 aliphatic rings. The first-order valence-corrected chi connectivity index (χ1v) is 19.6. The molecule has 44 heavy (non-hydrogen) atoms. The highest BCUT2D eigenvalue weighted by atomic mass is 32.2. The van der Waals surface area contributed by atoms with Crippen molar-refractivity contribution < 1.29 is 13.1 Å². The normalized spacial score (nSPS) is 22.8. The number of hydrogen-bond acceptors (Lipinski definition) is 5. The van der Waals surface area contributed by atoms with Crippen LogP contribution in [0.2, 0.25) is 0 Å². The minimum Gasteiger partial charge on any atom is -0.497 e. The molecule has 3 saturated heterocycles. The minimum absolute atomic E-state index is 0.227. The summed E-state index contributed by atoms with van der Waals surface area (Å²) < 4.78 is 25.6. The van der Waals surface area contributed by atoms with Gasteiger partial charge in [0.15, 0.2) is 11.1 Å². The average Bonchev–Trinajstić information content (AvgIpc) is 3.06. The lowest BCUT2D eigenvalue weighted by atomic mass is 9.72. The molecule has 6 heteroatoms. The van der Waals surface area contributed by atoms with E-state index in [0.29, 0.717) is 5.75 Å². The highest BCUT2D eigenvalue weighted by molar-refractivity contribution is 7.80.